The molecule has 1 unspecified atom stereocenters. The van der Waals surface area contributed by atoms with Crippen LogP contribution in [-0.2, 0) is 6.42 Å². The van der Waals surface area contributed by atoms with Crippen molar-refractivity contribution in [3.8, 4) is 0 Å². The zero-order chi connectivity index (χ0) is 13.8. The Morgan fingerprint density at radius 1 is 1.26 bits per heavy atom. The molecule has 1 aromatic carbocycles. The molecule has 2 rings (SSSR count). The highest BCUT2D eigenvalue weighted by atomic mass is 79.9. The molecular weight excluding hydrogens is 349 g/mol. The molecule has 0 radical (unpaired) electrons. The van der Waals surface area contributed by atoms with Crippen molar-refractivity contribution in [3.63, 3.8) is 0 Å². The number of rotatable bonds is 4. The summed E-state index contributed by atoms with van der Waals surface area (Å²) in [4.78, 5) is 4.13. The Labute approximate surface area is 130 Å². The minimum Gasteiger partial charge on any atom is -0.271 e. The van der Waals surface area contributed by atoms with Crippen LogP contribution in [0.15, 0.2) is 41.1 Å². The third-order valence-electron chi connectivity index (χ3n) is 2.77. The van der Waals surface area contributed by atoms with E-state index in [4.69, 9.17) is 29.0 Å². The molecule has 0 aliphatic heterocycles. The standard InChI is InChI=1S/C13H12BrCl2N3/c14-10-3-9(6-18-7-10)13(19-17)4-8-1-2-11(15)5-12(8)16/h1-3,5-7,13,19H,4,17H2. The van der Waals surface area contributed by atoms with E-state index in [0.29, 0.717) is 16.5 Å². The smallest absolute Gasteiger partial charge is 0.0516 e. The van der Waals surface area contributed by atoms with E-state index < -0.39 is 0 Å². The van der Waals surface area contributed by atoms with Gasteiger partial charge in [-0.3, -0.25) is 16.3 Å². The molecule has 1 heterocycles. The summed E-state index contributed by atoms with van der Waals surface area (Å²) in [5.74, 6) is 5.62. The van der Waals surface area contributed by atoms with Gasteiger partial charge in [0, 0.05) is 26.9 Å². The Balaban J connectivity index is 2.24. The quantitative estimate of drug-likeness (QED) is 0.642. The van der Waals surface area contributed by atoms with E-state index in [2.05, 4.69) is 26.3 Å². The number of aromatic nitrogens is 1. The van der Waals surface area contributed by atoms with Crippen LogP contribution in [0, 0.1) is 0 Å². The molecular formula is C13H12BrCl2N3. The number of hydrogen-bond acceptors (Lipinski definition) is 3. The molecule has 0 saturated carbocycles. The normalized spacial score (nSPS) is 12.4. The van der Waals surface area contributed by atoms with Crippen molar-refractivity contribution in [2.45, 2.75) is 12.5 Å². The molecule has 19 heavy (non-hydrogen) atoms. The SMILES string of the molecule is NNC(Cc1ccc(Cl)cc1Cl)c1cncc(Br)c1. The first kappa shape index (κ1) is 14.8. The summed E-state index contributed by atoms with van der Waals surface area (Å²) >= 11 is 15.5. The number of pyridine rings is 1. The molecule has 0 amide bonds. The molecule has 1 atom stereocenters. The Bertz CT molecular complexity index is 578. The van der Waals surface area contributed by atoms with E-state index in [-0.39, 0.29) is 6.04 Å². The number of nitrogens with two attached hydrogens (primary N) is 1. The molecule has 0 saturated heterocycles. The molecule has 1 aromatic heterocycles. The molecule has 6 heteroatoms. The summed E-state index contributed by atoms with van der Waals surface area (Å²) < 4.78 is 0.910. The van der Waals surface area contributed by atoms with Crippen molar-refractivity contribution < 1.29 is 0 Å². The number of benzene rings is 1. The second-order valence-corrected chi connectivity index (χ2v) is 5.85. The second kappa shape index (κ2) is 6.68. The monoisotopic (exact) mass is 359 g/mol. The van der Waals surface area contributed by atoms with E-state index in [1.807, 2.05) is 18.2 Å². The van der Waals surface area contributed by atoms with Crippen LogP contribution in [-0.4, -0.2) is 4.98 Å². The largest absolute Gasteiger partial charge is 0.271 e. The van der Waals surface area contributed by atoms with Gasteiger partial charge in [-0.15, -0.1) is 0 Å². The summed E-state index contributed by atoms with van der Waals surface area (Å²) in [6, 6.07) is 7.35. The van der Waals surface area contributed by atoms with Crippen molar-refractivity contribution in [2.75, 3.05) is 0 Å². The van der Waals surface area contributed by atoms with Crippen molar-refractivity contribution >= 4 is 39.1 Å². The van der Waals surface area contributed by atoms with Gasteiger partial charge in [0.25, 0.3) is 0 Å². The van der Waals surface area contributed by atoms with Crippen molar-refractivity contribution in [1.82, 2.24) is 10.4 Å². The van der Waals surface area contributed by atoms with E-state index >= 15 is 0 Å². The van der Waals surface area contributed by atoms with Crippen LogP contribution < -0.4 is 11.3 Å². The fourth-order valence-corrected chi connectivity index (χ4v) is 2.67. The molecule has 3 nitrogen and oxygen atoms in total. The molecule has 0 spiro atoms. The van der Waals surface area contributed by atoms with Crippen LogP contribution in [0.1, 0.15) is 17.2 Å². The predicted octanol–water partition coefficient (Wildman–Crippen LogP) is 3.90. The van der Waals surface area contributed by atoms with Gasteiger partial charge in [0.2, 0.25) is 0 Å². The van der Waals surface area contributed by atoms with Crippen molar-refractivity contribution in [2.24, 2.45) is 5.84 Å². The van der Waals surface area contributed by atoms with Crippen LogP contribution in [0.5, 0.6) is 0 Å². The summed E-state index contributed by atoms with van der Waals surface area (Å²) in [7, 11) is 0. The molecule has 2 aromatic rings. The topological polar surface area (TPSA) is 50.9 Å². The lowest BCUT2D eigenvalue weighted by Crippen LogP contribution is -2.29. The minimum atomic E-state index is -0.0660. The number of halogens is 3. The highest BCUT2D eigenvalue weighted by Gasteiger charge is 2.13. The highest BCUT2D eigenvalue weighted by molar-refractivity contribution is 9.10. The molecule has 3 N–H and O–H groups in total. The maximum atomic E-state index is 6.17. The van der Waals surface area contributed by atoms with E-state index in [9.17, 15) is 0 Å². The van der Waals surface area contributed by atoms with Gasteiger partial charge in [-0.2, -0.15) is 0 Å². The number of hydrogen-bond donors (Lipinski definition) is 2. The highest BCUT2D eigenvalue weighted by Crippen LogP contribution is 2.26. The Kier molecular flexibility index (Phi) is 5.19. The molecule has 0 bridgehead atoms. The number of hydrazine groups is 1. The summed E-state index contributed by atoms with van der Waals surface area (Å²) in [6.07, 6.45) is 4.16. The van der Waals surface area contributed by atoms with Crippen LogP contribution in [0.4, 0.5) is 0 Å². The molecule has 100 valence electrons. The van der Waals surface area contributed by atoms with Gasteiger partial charge in [-0.25, -0.2) is 0 Å². The van der Waals surface area contributed by atoms with Gasteiger partial charge in [-0.1, -0.05) is 29.3 Å². The zero-order valence-corrected chi connectivity index (χ0v) is 13.0. The lowest BCUT2D eigenvalue weighted by molar-refractivity contribution is 0.550. The van der Waals surface area contributed by atoms with Gasteiger partial charge < -0.3 is 0 Å². The van der Waals surface area contributed by atoms with Crippen LogP contribution in [0.3, 0.4) is 0 Å². The summed E-state index contributed by atoms with van der Waals surface area (Å²) in [5.41, 5.74) is 4.75. The van der Waals surface area contributed by atoms with Gasteiger partial charge in [0.15, 0.2) is 0 Å². The third kappa shape index (κ3) is 3.91. The van der Waals surface area contributed by atoms with Crippen LogP contribution in [0.25, 0.3) is 0 Å². The van der Waals surface area contributed by atoms with E-state index in [1.54, 1.807) is 18.5 Å². The maximum Gasteiger partial charge on any atom is 0.0516 e. The average Bonchev–Trinajstić information content (AvgIpc) is 2.38. The molecule has 0 aliphatic carbocycles. The first-order valence-electron chi connectivity index (χ1n) is 5.60. The molecule has 0 fully saturated rings. The second-order valence-electron chi connectivity index (χ2n) is 4.10. The average molecular weight is 361 g/mol. The molecule has 0 aliphatic rings. The number of nitrogens with zero attached hydrogens (tertiary/aromatic N) is 1. The fourth-order valence-electron chi connectivity index (χ4n) is 1.80. The Morgan fingerprint density at radius 3 is 2.68 bits per heavy atom. The van der Waals surface area contributed by atoms with E-state index in [0.717, 1.165) is 15.6 Å². The fraction of sp³-hybridized carbons (Fsp3) is 0.154. The van der Waals surface area contributed by atoms with Crippen LogP contribution in [0.2, 0.25) is 10.0 Å². The van der Waals surface area contributed by atoms with Gasteiger partial charge >= 0.3 is 0 Å². The lowest BCUT2D eigenvalue weighted by atomic mass is 10.0. The third-order valence-corrected chi connectivity index (χ3v) is 3.79. The summed E-state index contributed by atoms with van der Waals surface area (Å²) in [5, 5.41) is 1.26. The Morgan fingerprint density at radius 2 is 2.05 bits per heavy atom. The van der Waals surface area contributed by atoms with Crippen molar-refractivity contribution in [3.05, 3.63) is 62.3 Å². The first-order chi connectivity index (χ1) is 9.10. The lowest BCUT2D eigenvalue weighted by Gasteiger charge is -2.17. The predicted molar refractivity (Wildman–Crippen MR) is 82.2 cm³/mol. The van der Waals surface area contributed by atoms with Crippen LogP contribution >= 0.6 is 39.1 Å². The van der Waals surface area contributed by atoms with Gasteiger partial charge in [0.05, 0.1) is 6.04 Å². The van der Waals surface area contributed by atoms with Crippen molar-refractivity contribution in [1.29, 1.82) is 0 Å². The zero-order valence-electron chi connectivity index (χ0n) is 9.91. The Hall–Kier alpha value is -0.650. The minimum absolute atomic E-state index is 0.0660. The maximum absolute atomic E-state index is 6.17. The van der Waals surface area contributed by atoms with Gasteiger partial charge in [0.1, 0.15) is 0 Å². The first-order valence-corrected chi connectivity index (χ1v) is 7.15. The number of nitrogens with one attached hydrogen (secondary N) is 1. The van der Waals surface area contributed by atoms with Gasteiger partial charge in [-0.05, 0) is 51.7 Å². The summed E-state index contributed by atoms with van der Waals surface area (Å²) in [6.45, 7) is 0. The van der Waals surface area contributed by atoms with E-state index in [1.165, 1.54) is 0 Å².